The van der Waals surface area contributed by atoms with E-state index in [4.69, 9.17) is 5.11 Å². The highest BCUT2D eigenvalue weighted by atomic mass is 16.6. The quantitative estimate of drug-likeness (QED) is 0.490. The summed E-state index contributed by atoms with van der Waals surface area (Å²) < 4.78 is 4.62. The Morgan fingerprint density at radius 3 is 2.69 bits per heavy atom. The molecule has 6 heteroatoms. The molecule has 6 nitrogen and oxygen atoms in total. The third-order valence-corrected chi connectivity index (χ3v) is 3.63. The maximum atomic E-state index is 11.1. The molecule has 16 heavy (non-hydrogen) atoms. The average Bonchev–Trinajstić information content (AvgIpc) is 2.69. The van der Waals surface area contributed by atoms with E-state index in [1.54, 1.807) is 0 Å². The lowest BCUT2D eigenvalue weighted by atomic mass is 9.76. The van der Waals surface area contributed by atoms with Crippen LogP contribution in [-0.4, -0.2) is 34.7 Å². The zero-order valence-corrected chi connectivity index (χ0v) is 8.46. The van der Waals surface area contributed by atoms with E-state index in [0.29, 0.717) is 6.29 Å². The van der Waals surface area contributed by atoms with Crippen molar-refractivity contribution in [2.24, 2.45) is 17.3 Å². The SMILES string of the molecule is O=CC1CC(C(=O)O)CC12CC(=O)OC2O. The average molecular weight is 228 g/mol. The molecule has 0 aromatic rings. The Morgan fingerprint density at radius 1 is 1.56 bits per heavy atom. The Hall–Kier alpha value is -1.43. The minimum absolute atomic E-state index is 0.0820. The number of carbonyl (C=O) groups excluding carboxylic acids is 2. The molecule has 0 radical (unpaired) electrons. The molecule has 0 bridgehead atoms. The van der Waals surface area contributed by atoms with E-state index in [1.165, 1.54) is 0 Å². The van der Waals surface area contributed by atoms with Gasteiger partial charge in [0.25, 0.3) is 0 Å². The van der Waals surface area contributed by atoms with E-state index in [-0.39, 0.29) is 19.3 Å². The van der Waals surface area contributed by atoms with Crippen LogP contribution in [0.1, 0.15) is 19.3 Å². The molecule has 4 unspecified atom stereocenters. The Bertz CT molecular complexity index is 351. The van der Waals surface area contributed by atoms with Crippen LogP contribution in [0.3, 0.4) is 0 Å². The number of cyclic esters (lactones) is 1. The van der Waals surface area contributed by atoms with Crippen molar-refractivity contribution in [3.05, 3.63) is 0 Å². The van der Waals surface area contributed by atoms with Crippen LogP contribution in [0.25, 0.3) is 0 Å². The number of rotatable bonds is 2. The molecule has 2 N–H and O–H groups in total. The normalized spacial score (nSPS) is 42.3. The number of aldehydes is 1. The molecule has 2 aliphatic rings. The number of carboxylic acid groups (broad SMARTS) is 1. The molecule has 0 amide bonds. The summed E-state index contributed by atoms with van der Waals surface area (Å²) in [5.41, 5.74) is -1.03. The molecule has 0 aromatic heterocycles. The highest BCUT2D eigenvalue weighted by Crippen LogP contribution is 2.53. The summed E-state index contributed by atoms with van der Waals surface area (Å²) in [7, 11) is 0. The van der Waals surface area contributed by atoms with Gasteiger partial charge in [-0.1, -0.05) is 0 Å². The van der Waals surface area contributed by atoms with Crippen molar-refractivity contribution in [1.29, 1.82) is 0 Å². The first-order chi connectivity index (χ1) is 7.49. The summed E-state index contributed by atoms with van der Waals surface area (Å²) in [5, 5.41) is 18.6. The zero-order valence-electron chi connectivity index (χ0n) is 8.46. The minimum Gasteiger partial charge on any atom is -0.481 e. The Morgan fingerprint density at radius 2 is 2.25 bits per heavy atom. The van der Waals surface area contributed by atoms with E-state index >= 15 is 0 Å². The Labute approximate surface area is 91.2 Å². The lowest BCUT2D eigenvalue weighted by Crippen LogP contribution is -2.35. The predicted octanol–water partition coefficient (Wildman–Crippen LogP) is -0.452. The Kier molecular flexibility index (Phi) is 2.46. The van der Waals surface area contributed by atoms with Crippen molar-refractivity contribution >= 4 is 18.2 Å². The van der Waals surface area contributed by atoms with E-state index < -0.39 is 35.5 Å². The fraction of sp³-hybridized carbons (Fsp3) is 0.700. The number of aliphatic carboxylic acids is 1. The van der Waals surface area contributed by atoms with Gasteiger partial charge in [0.05, 0.1) is 17.8 Å². The molecular formula is C10H12O6. The van der Waals surface area contributed by atoms with Crippen LogP contribution in [0.5, 0.6) is 0 Å². The first-order valence-electron chi connectivity index (χ1n) is 5.05. The zero-order chi connectivity index (χ0) is 11.9. The smallest absolute Gasteiger partial charge is 0.308 e. The van der Waals surface area contributed by atoms with E-state index in [2.05, 4.69) is 4.74 Å². The van der Waals surface area contributed by atoms with E-state index in [1.807, 2.05) is 0 Å². The van der Waals surface area contributed by atoms with Gasteiger partial charge in [-0.2, -0.15) is 0 Å². The number of esters is 1. The van der Waals surface area contributed by atoms with Crippen LogP contribution in [0.15, 0.2) is 0 Å². The lowest BCUT2D eigenvalue weighted by molar-refractivity contribution is -0.165. The number of hydrogen-bond acceptors (Lipinski definition) is 5. The Balaban J connectivity index is 2.29. The molecule has 1 saturated heterocycles. The van der Waals surface area contributed by atoms with Crippen LogP contribution >= 0.6 is 0 Å². The molecule has 88 valence electrons. The molecular weight excluding hydrogens is 216 g/mol. The van der Waals surface area contributed by atoms with Crippen LogP contribution in [0.2, 0.25) is 0 Å². The highest BCUT2D eigenvalue weighted by Gasteiger charge is 2.59. The fourth-order valence-electron chi connectivity index (χ4n) is 2.74. The van der Waals surface area contributed by atoms with Crippen molar-refractivity contribution in [1.82, 2.24) is 0 Å². The predicted molar refractivity (Wildman–Crippen MR) is 49.1 cm³/mol. The molecule has 1 saturated carbocycles. The van der Waals surface area contributed by atoms with Gasteiger partial charge in [0, 0.05) is 5.92 Å². The lowest BCUT2D eigenvalue weighted by Gasteiger charge is -2.27. The van der Waals surface area contributed by atoms with Crippen molar-refractivity contribution in [2.45, 2.75) is 25.6 Å². The van der Waals surface area contributed by atoms with Crippen LogP contribution in [-0.2, 0) is 19.1 Å². The van der Waals surface area contributed by atoms with Crippen LogP contribution in [0.4, 0.5) is 0 Å². The number of carbonyl (C=O) groups is 3. The second-order valence-electron chi connectivity index (χ2n) is 4.47. The third-order valence-electron chi connectivity index (χ3n) is 3.63. The van der Waals surface area contributed by atoms with Gasteiger partial charge in [0.2, 0.25) is 6.29 Å². The molecule has 1 aliphatic carbocycles. The standard InChI is InChI=1S/C10H12O6/c11-4-6-1-5(8(13)14)2-10(6)3-7(12)16-9(10)15/h4-6,9,15H,1-3H2,(H,13,14). The van der Waals surface area contributed by atoms with E-state index in [9.17, 15) is 19.5 Å². The van der Waals surface area contributed by atoms with Gasteiger partial charge in [0.1, 0.15) is 6.29 Å². The van der Waals surface area contributed by atoms with E-state index in [0.717, 1.165) is 0 Å². The van der Waals surface area contributed by atoms with Gasteiger partial charge in [-0.3, -0.25) is 9.59 Å². The van der Waals surface area contributed by atoms with Gasteiger partial charge in [0.15, 0.2) is 0 Å². The summed E-state index contributed by atoms with van der Waals surface area (Å²) in [6, 6.07) is 0. The fourth-order valence-corrected chi connectivity index (χ4v) is 2.74. The molecule has 0 aromatic carbocycles. The van der Waals surface area contributed by atoms with Crippen LogP contribution in [0, 0.1) is 17.3 Å². The first kappa shape index (κ1) is 11.1. The number of ether oxygens (including phenoxy) is 1. The maximum absolute atomic E-state index is 11.1. The van der Waals surface area contributed by atoms with Gasteiger partial charge in [-0.15, -0.1) is 0 Å². The van der Waals surface area contributed by atoms with Gasteiger partial charge < -0.3 is 19.7 Å². The largest absolute Gasteiger partial charge is 0.481 e. The second-order valence-corrected chi connectivity index (χ2v) is 4.47. The highest BCUT2D eigenvalue weighted by molar-refractivity contribution is 5.77. The number of aliphatic hydroxyl groups excluding tert-OH is 1. The monoisotopic (exact) mass is 228 g/mol. The van der Waals surface area contributed by atoms with Gasteiger partial charge in [-0.25, -0.2) is 0 Å². The molecule has 1 heterocycles. The van der Waals surface area contributed by atoms with Gasteiger partial charge >= 0.3 is 11.9 Å². The molecule has 2 rings (SSSR count). The number of carboxylic acids is 1. The maximum Gasteiger partial charge on any atom is 0.308 e. The number of hydrogen-bond donors (Lipinski definition) is 2. The van der Waals surface area contributed by atoms with Crippen LogP contribution < -0.4 is 0 Å². The third kappa shape index (κ3) is 1.41. The minimum atomic E-state index is -1.36. The first-order valence-corrected chi connectivity index (χ1v) is 5.05. The molecule has 2 fully saturated rings. The van der Waals surface area contributed by atoms with Crippen molar-refractivity contribution < 1.29 is 29.3 Å². The summed E-state index contributed by atoms with van der Waals surface area (Å²) >= 11 is 0. The number of aliphatic hydroxyl groups is 1. The van der Waals surface area contributed by atoms with Crippen molar-refractivity contribution in [3.63, 3.8) is 0 Å². The van der Waals surface area contributed by atoms with Crippen molar-refractivity contribution in [3.8, 4) is 0 Å². The molecule has 4 atom stereocenters. The topological polar surface area (TPSA) is 101 Å². The molecule has 1 aliphatic heterocycles. The summed E-state index contributed by atoms with van der Waals surface area (Å²) in [6.45, 7) is 0. The summed E-state index contributed by atoms with van der Waals surface area (Å²) in [4.78, 5) is 32.9. The summed E-state index contributed by atoms with van der Waals surface area (Å²) in [5.74, 6) is -2.91. The van der Waals surface area contributed by atoms with Gasteiger partial charge in [-0.05, 0) is 12.8 Å². The summed E-state index contributed by atoms with van der Waals surface area (Å²) in [6.07, 6.45) is -0.555. The van der Waals surface area contributed by atoms with Crippen molar-refractivity contribution in [2.75, 3.05) is 0 Å². The second kappa shape index (κ2) is 3.55. The molecule has 1 spiro atoms.